The Labute approximate surface area is 251 Å². The highest BCUT2D eigenvalue weighted by atomic mass is 16.5. The molecule has 0 saturated carbocycles. The number of carbonyl (C=O) groups is 2. The predicted molar refractivity (Wildman–Crippen MR) is 173 cm³/mol. The van der Waals surface area contributed by atoms with Crippen molar-refractivity contribution >= 4 is 28.9 Å². The standard InChI is InChI=1S/C35H46N4O3/c1-5-8-9-10-13-27-16-18-28(19-17-27)34(40)36-29-20-21-31(30(26-29)35(41)37(6-2)7-3)38-22-24-39(25-23-38)32-14-11-12-15-33(32)42-4/h11-12,14-21,26H,5-10,13,22-25H2,1-4H3,(H,36,40). The maximum atomic E-state index is 13.7. The minimum Gasteiger partial charge on any atom is -0.495 e. The van der Waals surface area contributed by atoms with Gasteiger partial charge in [-0.2, -0.15) is 0 Å². The molecule has 42 heavy (non-hydrogen) atoms. The van der Waals surface area contributed by atoms with E-state index in [-0.39, 0.29) is 11.8 Å². The fraction of sp³-hybridized carbons (Fsp3) is 0.429. The van der Waals surface area contributed by atoms with Crippen molar-refractivity contribution in [3.8, 4) is 5.75 Å². The maximum Gasteiger partial charge on any atom is 0.256 e. The summed E-state index contributed by atoms with van der Waals surface area (Å²) in [4.78, 5) is 33.2. The molecule has 1 fully saturated rings. The number of benzene rings is 3. The lowest BCUT2D eigenvalue weighted by Gasteiger charge is -2.38. The fourth-order valence-electron chi connectivity index (χ4n) is 5.60. The highest BCUT2D eigenvalue weighted by molar-refractivity contribution is 6.06. The van der Waals surface area contributed by atoms with Crippen molar-refractivity contribution in [1.29, 1.82) is 0 Å². The van der Waals surface area contributed by atoms with Crippen LogP contribution in [-0.4, -0.2) is 63.1 Å². The number of piperazine rings is 1. The van der Waals surface area contributed by atoms with Gasteiger partial charge in [0.05, 0.1) is 18.4 Å². The van der Waals surface area contributed by atoms with Crippen molar-refractivity contribution in [2.45, 2.75) is 52.9 Å². The van der Waals surface area contributed by atoms with Crippen LogP contribution in [-0.2, 0) is 6.42 Å². The third kappa shape index (κ3) is 7.64. The van der Waals surface area contributed by atoms with E-state index in [1.807, 2.05) is 79.4 Å². The number of rotatable bonds is 13. The highest BCUT2D eigenvalue weighted by Gasteiger charge is 2.25. The molecule has 1 saturated heterocycles. The zero-order valence-electron chi connectivity index (χ0n) is 25.7. The van der Waals surface area contributed by atoms with Crippen LogP contribution >= 0.6 is 0 Å². The topological polar surface area (TPSA) is 65.1 Å². The second-order valence-electron chi connectivity index (χ2n) is 10.8. The Hall–Kier alpha value is -4.00. The van der Waals surface area contributed by atoms with Gasteiger partial charge in [0.25, 0.3) is 11.8 Å². The van der Waals surface area contributed by atoms with Gasteiger partial charge in [0.2, 0.25) is 0 Å². The van der Waals surface area contributed by atoms with Crippen LogP contribution in [0.1, 0.15) is 72.7 Å². The van der Waals surface area contributed by atoms with Gasteiger partial charge in [0.1, 0.15) is 5.75 Å². The van der Waals surface area contributed by atoms with E-state index in [1.54, 1.807) is 7.11 Å². The van der Waals surface area contributed by atoms with Gasteiger partial charge in [0.15, 0.2) is 0 Å². The van der Waals surface area contributed by atoms with Gasteiger partial charge in [-0.3, -0.25) is 9.59 Å². The van der Waals surface area contributed by atoms with Crippen LogP contribution in [0, 0.1) is 0 Å². The van der Waals surface area contributed by atoms with E-state index in [2.05, 4.69) is 28.1 Å². The number of anilines is 3. The highest BCUT2D eigenvalue weighted by Crippen LogP contribution is 2.31. The third-order valence-corrected chi connectivity index (χ3v) is 8.12. The second kappa shape index (κ2) is 15.3. The van der Waals surface area contributed by atoms with Crippen LogP contribution in [0.25, 0.3) is 0 Å². The largest absolute Gasteiger partial charge is 0.495 e. The van der Waals surface area contributed by atoms with Crippen LogP contribution < -0.4 is 19.9 Å². The summed E-state index contributed by atoms with van der Waals surface area (Å²) in [5, 5.41) is 3.03. The van der Waals surface area contributed by atoms with Gasteiger partial charge in [-0.25, -0.2) is 0 Å². The lowest BCUT2D eigenvalue weighted by Crippen LogP contribution is -2.47. The number of nitrogens with one attached hydrogen (secondary N) is 1. The Balaban J connectivity index is 1.49. The number of para-hydroxylation sites is 2. The summed E-state index contributed by atoms with van der Waals surface area (Å²) in [7, 11) is 1.70. The molecule has 1 heterocycles. The van der Waals surface area contributed by atoms with Crippen molar-refractivity contribution < 1.29 is 14.3 Å². The molecule has 1 aliphatic rings. The monoisotopic (exact) mass is 570 g/mol. The van der Waals surface area contributed by atoms with Gasteiger partial charge >= 0.3 is 0 Å². The average molecular weight is 571 g/mol. The van der Waals surface area contributed by atoms with E-state index < -0.39 is 0 Å². The molecule has 0 aromatic heterocycles. The summed E-state index contributed by atoms with van der Waals surface area (Å²) in [5.74, 6) is 0.669. The molecule has 7 nitrogen and oxygen atoms in total. The first-order valence-corrected chi connectivity index (χ1v) is 15.5. The summed E-state index contributed by atoms with van der Waals surface area (Å²) >= 11 is 0. The lowest BCUT2D eigenvalue weighted by atomic mass is 10.0. The molecule has 1 N–H and O–H groups in total. The summed E-state index contributed by atoms with van der Waals surface area (Å²) < 4.78 is 5.58. The van der Waals surface area contributed by atoms with Crippen LogP contribution in [0.15, 0.2) is 66.7 Å². The molecular weight excluding hydrogens is 524 g/mol. The Morgan fingerprint density at radius 3 is 2.12 bits per heavy atom. The molecule has 0 atom stereocenters. The fourth-order valence-corrected chi connectivity index (χ4v) is 5.60. The van der Waals surface area contributed by atoms with Crippen LogP contribution in [0.5, 0.6) is 5.75 Å². The third-order valence-electron chi connectivity index (χ3n) is 8.12. The summed E-state index contributed by atoms with van der Waals surface area (Å²) in [6.07, 6.45) is 5.93. The van der Waals surface area contributed by atoms with E-state index in [4.69, 9.17) is 4.74 Å². The molecule has 3 aromatic rings. The predicted octanol–water partition coefficient (Wildman–Crippen LogP) is 6.88. The number of hydrogen-bond acceptors (Lipinski definition) is 5. The van der Waals surface area contributed by atoms with Gasteiger partial charge in [-0.15, -0.1) is 0 Å². The molecule has 2 amide bonds. The van der Waals surface area contributed by atoms with E-state index in [0.717, 1.165) is 49.7 Å². The quantitative estimate of drug-likeness (QED) is 0.227. The molecular formula is C35H46N4O3. The molecule has 7 heteroatoms. The van der Waals surface area contributed by atoms with Gasteiger partial charge in [0, 0.05) is 56.2 Å². The number of hydrogen-bond donors (Lipinski definition) is 1. The number of amides is 2. The number of nitrogens with zero attached hydrogens (tertiary/aromatic N) is 3. The molecule has 224 valence electrons. The second-order valence-corrected chi connectivity index (χ2v) is 10.8. The normalized spacial score (nSPS) is 13.1. The van der Waals surface area contributed by atoms with Crippen molar-refractivity contribution in [3.63, 3.8) is 0 Å². The van der Waals surface area contributed by atoms with Crippen molar-refractivity contribution in [3.05, 3.63) is 83.4 Å². The lowest BCUT2D eigenvalue weighted by molar-refractivity contribution is 0.0773. The zero-order chi connectivity index (χ0) is 29.9. The Morgan fingerprint density at radius 1 is 0.810 bits per heavy atom. The molecule has 3 aromatic carbocycles. The molecule has 0 spiro atoms. The van der Waals surface area contributed by atoms with Crippen LogP contribution in [0.4, 0.5) is 17.1 Å². The zero-order valence-corrected chi connectivity index (χ0v) is 25.7. The van der Waals surface area contributed by atoms with E-state index in [1.165, 1.54) is 31.2 Å². The minimum absolute atomic E-state index is 0.0225. The average Bonchev–Trinajstić information content (AvgIpc) is 3.04. The molecule has 0 unspecified atom stereocenters. The van der Waals surface area contributed by atoms with Crippen LogP contribution in [0.3, 0.4) is 0 Å². The van der Waals surface area contributed by atoms with Gasteiger partial charge in [-0.1, -0.05) is 50.5 Å². The van der Waals surface area contributed by atoms with Gasteiger partial charge in [-0.05, 0) is 74.7 Å². The maximum absolute atomic E-state index is 13.7. The first kappa shape index (κ1) is 30.9. The van der Waals surface area contributed by atoms with E-state index in [9.17, 15) is 9.59 Å². The SMILES string of the molecule is CCCCCCc1ccc(C(=O)Nc2ccc(N3CCN(c4ccccc4OC)CC3)c(C(=O)N(CC)CC)c2)cc1. The molecule has 0 aliphatic carbocycles. The van der Waals surface area contributed by atoms with E-state index >= 15 is 0 Å². The van der Waals surface area contributed by atoms with Crippen molar-refractivity contribution in [1.82, 2.24) is 4.90 Å². The van der Waals surface area contributed by atoms with Crippen molar-refractivity contribution in [2.24, 2.45) is 0 Å². The van der Waals surface area contributed by atoms with E-state index in [0.29, 0.717) is 29.9 Å². The first-order chi connectivity index (χ1) is 20.5. The van der Waals surface area contributed by atoms with Crippen LogP contribution in [0.2, 0.25) is 0 Å². The first-order valence-electron chi connectivity index (χ1n) is 15.5. The smallest absolute Gasteiger partial charge is 0.256 e. The molecule has 4 rings (SSSR count). The Kier molecular flexibility index (Phi) is 11.3. The summed E-state index contributed by atoms with van der Waals surface area (Å²) in [6, 6.07) is 21.7. The summed E-state index contributed by atoms with van der Waals surface area (Å²) in [6.45, 7) is 10.6. The summed E-state index contributed by atoms with van der Waals surface area (Å²) in [5.41, 5.74) is 5.09. The molecule has 0 bridgehead atoms. The Bertz CT molecular complexity index is 1310. The van der Waals surface area contributed by atoms with Gasteiger partial charge < -0.3 is 24.8 Å². The number of carbonyl (C=O) groups excluding carboxylic acids is 2. The molecule has 1 aliphatic heterocycles. The number of ether oxygens (including phenoxy) is 1. The number of unbranched alkanes of at least 4 members (excludes halogenated alkanes) is 3. The Morgan fingerprint density at radius 2 is 1.48 bits per heavy atom. The number of aryl methyl sites for hydroxylation is 1. The number of methoxy groups -OCH3 is 1. The van der Waals surface area contributed by atoms with Crippen molar-refractivity contribution in [2.75, 3.05) is 61.5 Å². The minimum atomic E-state index is -0.174. The molecule has 0 radical (unpaired) electrons.